The summed E-state index contributed by atoms with van der Waals surface area (Å²) in [6.45, 7) is 13.4. The van der Waals surface area contributed by atoms with Gasteiger partial charge < -0.3 is 9.31 Å². The van der Waals surface area contributed by atoms with Crippen molar-refractivity contribution in [1.29, 1.82) is 0 Å². The summed E-state index contributed by atoms with van der Waals surface area (Å²) in [6, 6.07) is 16.3. The van der Waals surface area contributed by atoms with Gasteiger partial charge in [-0.05, 0) is 79.4 Å². The average Bonchev–Trinajstić information content (AvgIpc) is 3.26. The van der Waals surface area contributed by atoms with Gasteiger partial charge >= 0.3 is 7.12 Å². The molecular weight excluding hydrogens is 391 g/mol. The van der Waals surface area contributed by atoms with Crippen molar-refractivity contribution in [1.82, 2.24) is 0 Å². The van der Waals surface area contributed by atoms with Gasteiger partial charge in [-0.25, -0.2) is 0 Å². The van der Waals surface area contributed by atoms with Gasteiger partial charge in [0.25, 0.3) is 0 Å². The summed E-state index contributed by atoms with van der Waals surface area (Å²) in [5.74, 6) is 0. The van der Waals surface area contributed by atoms with Gasteiger partial charge in [0.1, 0.15) is 0 Å². The minimum absolute atomic E-state index is 0.0264. The maximum absolute atomic E-state index is 6.40. The number of hydrogen-bond donors (Lipinski definition) is 0. The molecule has 0 N–H and O–H groups in total. The van der Waals surface area contributed by atoms with Crippen LogP contribution in [-0.2, 0) is 20.1 Å². The van der Waals surface area contributed by atoms with Crippen LogP contribution in [0.1, 0.15) is 95.9 Å². The quantitative estimate of drug-likeness (QED) is 0.491. The molecule has 3 aliphatic carbocycles. The monoisotopic (exact) mass is 426 g/mol. The van der Waals surface area contributed by atoms with Gasteiger partial charge in [-0.3, -0.25) is 0 Å². The van der Waals surface area contributed by atoms with E-state index >= 15 is 0 Å². The molecule has 0 amide bonds. The van der Waals surface area contributed by atoms with Gasteiger partial charge in [-0.1, -0.05) is 75.6 Å². The van der Waals surface area contributed by atoms with Crippen molar-refractivity contribution in [2.45, 2.75) is 95.7 Å². The minimum atomic E-state index is -0.322. The van der Waals surface area contributed by atoms with Crippen molar-refractivity contribution in [3.8, 4) is 0 Å². The Hall–Kier alpha value is -1.84. The van der Waals surface area contributed by atoms with Crippen LogP contribution >= 0.6 is 0 Å². The van der Waals surface area contributed by atoms with Crippen LogP contribution in [-0.4, -0.2) is 18.3 Å². The Labute approximate surface area is 193 Å². The summed E-state index contributed by atoms with van der Waals surface area (Å²) in [6.07, 6.45) is 6.57. The first kappa shape index (κ1) is 20.7. The second kappa shape index (κ2) is 6.39. The lowest BCUT2D eigenvalue weighted by Gasteiger charge is -2.38. The van der Waals surface area contributed by atoms with E-state index in [1.165, 1.54) is 48.8 Å². The van der Waals surface area contributed by atoms with Crippen LogP contribution in [0.5, 0.6) is 0 Å². The lowest BCUT2D eigenvalue weighted by atomic mass is 9.65. The number of hydrogen-bond acceptors (Lipinski definition) is 2. The predicted octanol–water partition coefficient (Wildman–Crippen LogP) is 6.40. The van der Waals surface area contributed by atoms with Gasteiger partial charge in [0, 0.05) is 10.8 Å². The number of allylic oxidation sites excluding steroid dienone is 2. The topological polar surface area (TPSA) is 18.5 Å². The second-order valence-corrected chi connectivity index (χ2v) is 12.0. The van der Waals surface area contributed by atoms with Crippen molar-refractivity contribution < 1.29 is 9.31 Å². The van der Waals surface area contributed by atoms with Crippen molar-refractivity contribution in [2.24, 2.45) is 0 Å². The van der Waals surface area contributed by atoms with Crippen LogP contribution in [0.25, 0.3) is 11.1 Å². The highest BCUT2D eigenvalue weighted by atomic mass is 16.7. The van der Waals surface area contributed by atoms with E-state index in [-0.39, 0.29) is 29.2 Å². The molecule has 0 unspecified atom stereocenters. The van der Waals surface area contributed by atoms with Crippen molar-refractivity contribution in [3.63, 3.8) is 0 Å². The molecule has 0 aromatic heterocycles. The van der Waals surface area contributed by atoms with Crippen LogP contribution in [0.4, 0.5) is 0 Å². The Morgan fingerprint density at radius 1 is 0.688 bits per heavy atom. The van der Waals surface area contributed by atoms with E-state index < -0.39 is 0 Å². The Morgan fingerprint density at radius 3 is 2.00 bits per heavy atom. The molecule has 1 saturated carbocycles. The second-order valence-electron chi connectivity index (χ2n) is 12.0. The number of benzene rings is 2. The molecule has 2 aromatic carbocycles. The van der Waals surface area contributed by atoms with Gasteiger partial charge in [0.05, 0.1) is 11.2 Å². The molecule has 3 heteroatoms. The molecule has 166 valence electrons. The molecule has 1 heterocycles. The summed E-state index contributed by atoms with van der Waals surface area (Å²) in [5, 5.41) is 0. The first-order valence-corrected chi connectivity index (χ1v) is 12.4. The Morgan fingerprint density at radius 2 is 1.31 bits per heavy atom. The highest BCUT2D eigenvalue weighted by Crippen LogP contribution is 2.65. The molecule has 2 fully saturated rings. The fraction of sp³-hybridized carbons (Fsp3) is 0.517. The zero-order valence-electron chi connectivity index (χ0n) is 20.5. The van der Waals surface area contributed by atoms with Crippen LogP contribution < -0.4 is 5.46 Å². The third kappa shape index (κ3) is 2.50. The lowest BCUT2D eigenvalue weighted by Crippen LogP contribution is -2.41. The minimum Gasteiger partial charge on any atom is -0.399 e. The lowest BCUT2D eigenvalue weighted by molar-refractivity contribution is 0.00578. The zero-order valence-corrected chi connectivity index (χ0v) is 20.5. The normalized spacial score (nSPS) is 25.8. The van der Waals surface area contributed by atoms with E-state index in [0.29, 0.717) is 0 Å². The van der Waals surface area contributed by atoms with Crippen LogP contribution in [0.3, 0.4) is 0 Å². The van der Waals surface area contributed by atoms with Gasteiger partial charge in [0.2, 0.25) is 0 Å². The van der Waals surface area contributed by atoms with E-state index in [9.17, 15) is 0 Å². The van der Waals surface area contributed by atoms with Crippen LogP contribution in [0, 0.1) is 0 Å². The van der Waals surface area contributed by atoms with Crippen molar-refractivity contribution in [3.05, 3.63) is 64.7 Å². The van der Waals surface area contributed by atoms with Gasteiger partial charge in [0.15, 0.2) is 0 Å². The fourth-order valence-electron chi connectivity index (χ4n) is 6.90. The van der Waals surface area contributed by atoms with E-state index in [0.717, 1.165) is 5.46 Å². The molecule has 0 bridgehead atoms. The molecule has 2 nitrogen and oxygen atoms in total. The average molecular weight is 426 g/mol. The van der Waals surface area contributed by atoms with E-state index in [4.69, 9.17) is 9.31 Å². The summed E-state index contributed by atoms with van der Waals surface area (Å²) >= 11 is 0. The fourth-order valence-corrected chi connectivity index (χ4v) is 6.90. The zero-order chi connectivity index (χ0) is 22.5. The smallest absolute Gasteiger partial charge is 0.399 e. The molecule has 6 rings (SSSR count). The van der Waals surface area contributed by atoms with Gasteiger partial charge in [-0.2, -0.15) is 0 Å². The molecule has 1 saturated heterocycles. The maximum Gasteiger partial charge on any atom is 0.494 e. The SMILES string of the molecule is CC1(C)C2=C(c3ccc(B4OC(C)(C)C(C)(C)O4)cc31)C1(CCCCC1)c1ccccc12. The Bertz CT molecular complexity index is 1130. The first-order valence-electron chi connectivity index (χ1n) is 12.4. The third-order valence-corrected chi connectivity index (χ3v) is 9.28. The predicted molar refractivity (Wildman–Crippen MR) is 133 cm³/mol. The summed E-state index contributed by atoms with van der Waals surface area (Å²) in [5.41, 5.74) is 9.82. The largest absolute Gasteiger partial charge is 0.494 e. The highest BCUT2D eigenvalue weighted by Gasteiger charge is 2.55. The molecule has 1 spiro atoms. The number of rotatable bonds is 1. The van der Waals surface area contributed by atoms with Crippen molar-refractivity contribution in [2.75, 3.05) is 0 Å². The van der Waals surface area contributed by atoms with E-state index in [1.807, 2.05) is 0 Å². The van der Waals surface area contributed by atoms with E-state index in [1.54, 1.807) is 16.7 Å². The highest BCUT2D eigenvalue weighted by molar-refractivity contribution is 6.62. The molecule has 1 aliphatic heterocycles. The van der Waals surface area contributed by atoms with Gasteiger partial charge in [-0.15, -0.1) is 0 Å². The van der Waals surface area contributed by atoms with E-state index in [2.05, 4.69) is 84.0 Å². The summed E-state index contributed by atoms with van der Waals surface area (Å²) in [7, 11) is -0.313. The third-order valence-electron chi connectivity index (χ3n) is 9.28. The molecule has 4 aliphatic rings. The maximum atomic E-state index is 6.40. The standard InChI is InChI=1S/C29H35BO2/c1-26(2)23-18-19(30-31-27(3,4)28(5,6)32-30)14-15-21(23)25-24(26)20-12-8-9-13-22(20)29(25)16-10-7-11-17-29/h8-9,12-15,18H,7,10-11,16-17H2,1-6H3. The molecule has 0 atom stereocenters. The Balaban J connectivity index is 1.49. The summed E-state index contributed by atoms with van der Waals surface area (Å²) < 4.78 is 12.8. The molecule has 32 heavy (non-hydrogen) atoms. The van der Waals surface area contributed by atoms with Crippen LogP contribution in [0.2, 0.25) is 0 Å². The van der Waals surface area contributed by atoms with Crippen LogP contribution in [0.15, 0.2) is 42.5 Å². The molecular formula is C29H35BO2. The Kier molecular flexibility index (Phi) is 4.14. The molecule has 2 aromatic rings. The first-order chi connectivity index (χ1) is 15.1. The number of fused-ring (bicyclic) bond motifs is 6. The summed E-state index contributed by atoms with van der Waals surface area (Å²) in [4.78, 5) is 0. The molecule has 0 radical (unpaired) electrons. The van der Waals surface area contributed by atoms with Crippen molar-refractivity contribution >= 4 is 23.7 Å².